The lowest BCUT2D eigenvalue weighted by molar-refractivity contribution is 0.295. The van der Waals surface area contributed by atoms with E-state index in [0.717, 1.165) is 10.0 Å². The summed E-state index contributed by atoms with van der Waals surface area (Å²) >= 11 is 3.30. The molecule has 1 aromatic carbocycles. The Morgan fingerprint density at radius 3 is 2.53 bits per heavy atom. The van der Waals surface area contributed by atoms with Crippen LogP contribution in [0, 0.1) is 0 Å². The van der Waals surface area contributed by atoms with Gasteiger partial charge in [-0.05, 0) is 18.1 Å². The molecule has 3 nitrogen and oxygen atoms in total. The van der Waals surface area contributed by atoms with E-state index in [9.17, 15) is 8.42 Å². The average Bonchev–Trinajstić information content (AvgIpc) is 2.18. The summed E-state index contributed by atoms with van der Waals surface area (Å²) in [4.78, 5) is 0. The van der Waals surface area contributed by atoms with E-state index in [1.54, 1.807) is 6.07 Å². The van der Waals surface area contributed by atoms with E-state index in [0.29, 0.717) is 6.42 Å². The fraction of sp³-hybridized carbons (Fsp3) is 0.400. The van der Waals surface area contributed by atoms with Gasteiger partial charge in [-0.1, -0.05) is 34.1 Å². The third-order valence-electron chi connectivity index (χ3n) is 1.95. The first-order valence-corrected chi connectivity index (χ1v) is 7.21. The lowest BCUT2D eigenvalue weighted by atomic mass is 10.2. The second-order valence-corrected chi connectivity index (χ2v) is 6.30. The van der Waals surface area contributed by atoms with Crippen LogP contribution >= 0.6 is 15.9 Å². The van der Waals surface area contributed by atoms with Crippen LogP contribution < -0.4 is 0 Å². The van der Waals surface area contributed by atoms with Crippen LogP contribution in [0.25, 0.3) is 0 Å². The predicted octanol–water partition coefficient (Wildman–Crippen LogP) is 1.75. The maximum absolute atomic E-state index is 11.6. The van der Waals surface area contributed by atoms with Crippen molar-refractivity contribution in [3.8, 4) is 0 Å². The second kappa shape index (κ2) is 5.63. The van der Waals surface area contributed by atoms with Gasteiger partial charge in [0.25, 0.3) is 0 Å². The van der Waals surface area contributed by atoms with Crippen molar-refractivity contribution in [1.82, 2.24) is 0 Å². The Kier molecular flexibility index (Phi) is 4.76. The summed E-state index contributed by atoms with van der Waals surface area (Å²) in [6, 6.07) is 7.24. The number of hydrogen-bond acceptors (Lipinski definition) is 3. The summed E-state index contributed by atoms with van der Waals surface area (Å²) in [5.74, 6) is 0.0548. The molecule has 0 heterocycles. The summed E-state index contributed by atoms with van der Waals surface area (Å²) in [6.45, 7) is -0.0881. The highest BCUT2D eigenvalue weighted by Crippen LogP contribution is 2.18. The van der Waals surface area contributed by atoms with Crippen LogP contribution in [-0.4, -0.2) is 25.9 Å². The zero-order chi connectivity index (χ0) is 11.3. The average molecular weight is 293 g/mol. The molecule has 1 rings (SSSR count). The number of hydrogen-bond donors (Lipinski definition) is 1. The Morgan fingerprint density at radius 1 is 1.27 bits per heavy atom. The van der Waals surface area contributed by atoms with E-state index >= 15 is 0 Å². The van der Waals surface area contributed by atoms with E-state index in [4.69, 9.17) is 5.11 Å². The summed E-state index contributed by atoms with van der Waals surface area (Å²) in [5, 5.41) is 8.58. The molecule has 84 valence electrons. The molecule has 0 bridgehead atoms. The fourth-order valence-electron chi connectivity index (χ4n) is 1.21. The molecule has 0 aliphatic heterocycles. The highest BCUT2D eigenvalue weighted by molar-refractivity contribution is 9.10. The summed E-state index contributed by atoms with van der Waals surface area (Å²) in [6.07, 6.45) is 0.298. The fourth-order valence-corrected chi connectivity index (χ4v) is 3.26. The second-order valence-electron chi connectivity index (χ2n) is 3.26. The van der Waals surface area contributed by atoms with Crippen LogP contribution in [0.15, 0.2) is 28.7 Å². The van der Waals surface area contributed by atoms with Gasteiger partial charge in [0.2, 0.25) is 0 Å². The lowest BCUT2D eigenvalue weighted by Gasteiger charge is -2.05. The molecule has 1 aromatic rings. The van der Waals surface area contributed by atoms with Crippen molar-refractivity contribution in [2.24, 2.45) is 0 Å². The minimum absolute atomic E-state index is 0.0222. The van der Waals surface area contributed by atoms with Crippen molar-refractivity contribution in [3.63, 3.8) is 0 Å². The topological polar surface area (TPSA) is 54.4 Å². The summed E-state index contributed by atoms with van der Waals surface area (Å²) < 4.78 is 24.0. The van der Waals surface area contributed by atoms with Gasteiger partial charge in [0, 0.05) is 11.1 Å². The molecule has 0 aliphatic rings. The van der Waals surface area contributed by atoms with Gasteiger partial charge < -0.3 is 5.11 Å². The van der Waals surface area contributed by atoms with E-state index in [-0.39, 0.29) is 18.1 Å². The maximum Gasteiger partial charge on any atom is 0.154 e. The SMILES string of the molecule is O=S(=O)(CCCO)Cc1ccccc1Br. The van der Waals surface area contributed by atoms with Gasteiger partial charge >= 0.3 is 0 Å². The van der Waals surface area contributed by atoms with Crippen LogP contribution in [-0.2, 0) is 15.6 Å². The number of aliphatic hydroxyl groups is 1. The molecule has 0 saturated carbocycles. The van der Waals surface area contributed by atoms with Crippen molar-refractivity contribution in [2.75, 3.05) is 12.4 Å². The first-order chi connectivity index (χ1) is 7.05. The van der Waals surface area contributed by atoms with Gasteiger partial charge in [-0.2, -0.15) is 0 Å². The largest absolute Gasteiger partial charge is 0.396 e. The molecule has 0 spiro atoms. The molecule has 5 heteroatoms. The Bertz CT molecular complexity index is 414. The number of sulfone groups is 1. The highest BCUT2D eigenvalue weighted by atomic mass is 79.9. The zero-order valence-corrected chi connectivity index (χ0v) is 10.6. The monoisotopic (exact) mass is 292 g/mol. The molecule has 15 heavy (non-hydrogen) atoms. The molecule has 0 aliphatic carbocycles. The Morgan fingerprint density at radius 2 is 1.93 bits per heavy atom. The predicted molar refractivity (Wildman–Crippen MR) is 63.3 cm³/mol. The number of halogens is 1. The zero-order valence-electron chi connectivity index (χ0n) is 8.19. The van der Waals surface area contributed by atoms with Gasteiger partial charge in [0.15, 0.2) is 9.84 Å². The smallest absolute Gasteiger partial charge is 0.154 e. The first kappa shape index (κ1) is 12.7. The maximum atomic E-state index is 11.6. The lowest BCUT2D eigenvalue weighted by Crippen LogP contribution is -2.10. The van der Waals surface area contributed by atoms with Gasteiger partial charge in [0.1, 0.15) is 0 Å². The molecular formula is C10H13BrO3S. The van der Waals surface area contributed by atoms with Crippen molar-refractivity contribution < 1.29 is 13.5 Å². The van der Waals surface area contributed by atoms with E-state index < -0.39 is 9.84 Å². The van der Waals surface area contributed by atoms with Gasteiger partial charge in [-0.25, -0.2) is 8.42 Å². The Labute approximate surface area is 98.2 Å². The van der Waals surface area contributed by atoms with Crippen LogP contribution in [0.4, 0.5) is 0 Å². The highest BCUT2D eigenvalue weighted by Gasteiger charge is 2.12. The minimum atomic E-state index is -3.11. The quantitative estimate of drug-likeness (QED) is 0.900. The molecule has 0 unspecified atom stereocenters. The molecular weight excluding hydrogens is 280 g/mol. The number of rotatable bonds is 5. The minimum Gasteiger partial charge on any atom is -0.396 e. The van der Waals surface area contributed by atoms with E-state index in [1.165, 1.54) is 0 Å². The third-order valence-corrected chi connectivity index (χ3v) is 4.38. The number of aliphatic hydroxyl groups excluding tert-OH is 1. The molecule has 1 N–H and O–H groups in total. The molecule has 0 aromatic heterocycles. The Hall–Kier alpha value is -0.390. The standard InChI is InChI=1S/C10H13BrO3S/c11-10-5-2-1-4-9(10)8-15(13,14)7-3-6-12/h1-2,4-5,12H,3,6-8H2. The molecule has 0 fully saturated rings. The van der Waals surface area contributed by atoms with Crippen molar-refractivity contribution in [2.45, 2.75) is 12.2 Å². The molecule has 0 amide bonds. The van der Waals surface area contributed by atoms with Gasteiger partial charge in [0.05, 0.1) is 11.5 Å². The molecule has 0 atom stereocenters. The normalized spacial score (nSPS) is 11.6. The van der Waals surface area contributed by atoms with Crippen molar-refractivity contribution in [3.05, 3.63) is 34.3 Å². The molecule has 0 saturated heterocycles. The van der Waals surface area contributed by atoms with E-state index in [2.05, 4.69) is 15.9 Å². The molecule has 0 radical (unpaired) electrons. The summed E-state index contributed by atoms with van der Waals surface area (Å²) in [7, 11) is -3.11. The van der Waals surface area contributed by atoms with Crippen LogP contribution in [0.3, 0.4) is 0 Å². The summed E-state index contributed by atoms with van der Waals surface area (Å²) in [5.41, 5.74) is 0.760. The van der Waals surface area contributed by atoms with Crippen LogP contribution in [0.1, 0.15) is 12.0 Å². The number of benzene rings is 1. The van der Waals surface area contributed by atoms with E-state index in [1.807, 2.05) is 18.2 Å². The van der Waals surface area contributed by atoms with Gasteiger partial charge in [-0.3, -0.25) is 0 Å². The first-order valence-electron chi connectivity index (χ1n) is 4.60. The third kappa shape index (κ3) is 4.32. The van der Waals surface area contributed by atoms with Crippen LogP contribution in [0.2, 0.25) is 0 Å². The van der Waals surface area contributed by atoms with Gasteiger partial charge in [-0.15, -0.1) is 0 Å². The Balaban J connectivity index is 2.74. The van der Waals surface area contributed by atoms with Crippen molar-refractivity contribution in [1.29, 1.82) is 0 Å². The van der Waals surface area contributed by atoms with Crippen molar-refractivity contribution >= 4 is 25.8 Å². The van der Waals surface area contributed by atoms with Crippen LogP contribution in [0.5, 0.6) is 0 Å².